The first-order valence-electron chi connectivity index (χ1n) is 6.36. The van der Waals surface area contributed by atoms with Crippen LogP contribution in [0.3, 0.4) is 0 Å². The summed E-state index contributed by atoms with van der Waals surface area (Å²) in [7, 11) is 0. The number of benzene rings is 2. The fourth-order valence-electron chi connectivity index (χ4n) is 1.98. The van der Waals surface area contributed by atoms with Gasteiger partial charge in [-0.3, -0.25) is 0 Å². The summed E-state index contributed by atoms with van der Waals surface area (Å²) in [6, 6.07) is 12.3. The molecule has 0 amide bonds. The monoisotopic (exact) mass is 319 g/mol. The van der Waals surface area contributed by atoms with Gasteiger partial charge >= 0.3 is 0 Å². The smallest absolute Gasteiger partial charge is 0.145 e. The summed E-state index contributed by atoms with van der Waals surface area (Å²) in [5.74, 6) is 0.766. The quantitative estimate of drug-likeness (QED) is 0.843. The zero-order chi connectivity index (χ0) is 13.8. The van der Waals surface area contributed by atoms with Gasteiger partial charge in [-0.05, 0) is 42.2 Å². The fourth-order valence-corrected chi connectivity index (χ4v) is 2.57. The van der Waals surface area contributed by atoms with Crippen LogP contribution in [-0.2, 0) is 13.0 Å². The second-order valence-corrected chi connectivity index (χ2v) is 5.52. The van der Waals surface area contributed by atoms with Gasteiger partial charge in [-0.25, -0.2) is 0 Å². The summed E-state index contributed by atoms with van der Waals surface area (Å²) in [5.41, 5.74) is 10.2. The molecule has 0 aliphatic heterocycles. The van der Waals surface area contributed by atoms with Gasteiger partial charge in [0.1, 0.15) is 12.4 Å². The minimum Gasteiger partial charge on any atom is -0.486 e. The number of aryl methyl sites for hydroxylation is 2. The number of hydrogen-bond donors (Lipinski definition) is 1. The second-order valence-electron chi connectivity index (χ2n) is 4.60. The van der Waals surface area contributed by atoms with E-state index >= 15 is 0 Å². The Balaban J connectivity index is 2.10. The van der Waals surface area contributed by atoms with Crippen LogP contribution >= 0.6 is 15.9 Å². The van der Waals surface area contributed by atoms with E-state index in [4.69, 9.17) is 10.5 Å². The van der Waals surface area contributed by atoms with Gasteiger partial charge in [-0.1, -0.05) is 47.1 Å². The Morgan fingerprint density at radius 3 is 2.32 bits per heavy atom. The maximum Gasteiger partial charge on any atom is 0.145 e. The minimum atomic E-state index is 0.538. The van der Waals surface area contributed by atoms with Crippen LogP contribution in [0.15, 0.2) is 40.9 Å². The molecule has 19 heavy (non-hydrogen) atoms. The molecule has 0 heterocycles. The molecular formula is C16H18BrNO. The normalized spacial score (nSPS) is 10.5. The molecule has 2 aromatic rings. The van der Waals surface area contributed by atoms with Crippen LogP contribution in [0.2, 0.25) is 0 Å². The van der Waals surface area contributed by atoms with Crippen molar-refractivity contribution in [3.8, 4) is 5.75 Å². The lowest BCUT2D eigenvalue weighted by Gasteiger charge is -2.12. The van der Waals surface area contributed by atoms with E-state index < -0.39 is 0 Å². The fraction of sp³-hybridized carbons (Fsp3) is 0.250. The Labute approximate surface area is 122 Å². The van der Waals surface area contributed by atoms with E-state index in [1.807, 2.05) is 19.1 Å². The number of rotatable bonds is 4. The van der Waals surface area contributed by atoms with Crippen LogP contribution in [-0.4, -0.2) is 0 Å². The SMILES string of the molecule is CCc1ccc(COc2c(C)cc(Br)cc2N)cc1. The molecule has 0 saturated heterocycles. The molecule has 0 unspecified atom stereocenters. The highest BCUT2D eigenvalue weighted by atomic mass is 79.9. The van der Waals surface area contributed by atoms with Crippen molar-refractivity contribution >= 4 is 21.6 Å². The van der Waals surface area contributed by atoms with Crippen molar-refractivity contribution in [3.05, 3.63) is 57.6 Å². The molecular weight excluding hydrogens is 302 g/mol. The van der Waals surface area contributed by atoms with Gasteiger partial charge in [0.2, 0.25) is 0 Å². The average Bonchev–Trinajstić information content (AvgIpc) is 2.38. The summed E-state index contributed by atoms with van der Waals surface area (Å²) >= 11 is 3.42. The molecule has 0 fully saturated rings. The van der Waals surface area contributed by atoms with Gasteiger partial charge in [0.25, 0.3) is 0 Å². The lowest BCUT2D eigenvalue weighted by molar-refractivity contribution is 0.306. The number of halogens is 1. The molecule has 0 aliphatic rings. The van der Waals surface area contributed by atoms with E-state index in [0.717, 1.165) is 27.8 Å². The van der Waals surface area contributed by atoms with Gasteiger partial charge < -0.3 is 10.5 Å². The van der Waals surface area contributed by atoms with Crippen molar-refractivity contribution in [1.29, 1.82) is 0 Å². The Hall–Kier alpha value is -1.48. The standard InChI is InChI=1S/C16H18BrNO/c1-3-12-4-6-13(7-5-12)10-19-16-11(2)8-14(17)9-15(16)18/h4-9H,3,10,18H2,1-2H3. The largest absolute Gasteiger partial charge is 0.486 e. The van der Waals surface area contributed by atoms with Gasteiger partial charge in [0.05, 0.1) is 5.69 Å². The summed E-state index contributed by atoms with van der Waals surface area (Å²) in [6.45, 7) is 4.69. The summed E-state index contributed by atoms with van der Waals surface area (Å²) in [4.78, 5) is 0. The number of nitrogens with two attached hydrogens (primary N) is 1. The lowest BCUT2D eigenvalue weighted by Crippen LogP contribution is -2.01. The first-order valence-corrected chi connectivity index (χ1v) is 7.15. The number of anilines is 1. The van der Waals surface area contributed by atoms with Gasteiger partial charge in [0.15, 0.2) is 0 Å². The molecule has 2 rings (SSSR count). The molecule has 0 spiro atoms. The zero-order valence-electron chi connectivity index (χ0n) is 11.2. The van der Waals surface area contributed by atoms with E-state index in [2.05, 4.69) is 47.1 Å². The highest BCUT2D eigenvalue weighted by Gasteiger charge is 2.06. The van der Waals surface area contributed by atoms with Crippen LogP contribution < -0.4 is 10.5 Å². The van der Waals surface area contributed by atoms with E-state index in [9.17, 15) is 0 Å². The van der Waals surface area contributed by atoms with Gasteiger partial charge in [0, 0.05) is 4.47 Å². The average molecular weight is 320 g/mol. The highest BCUT2D eigenvalue weighted by Crippen LogP contribution is 2.30. The zero-order valence-corrected chi connectivity index (χ0v) is 12.8. The number of nitrogen functional groups attached to an aromatic ring is 1. The molecule has 2 aromatic carbocycles. The van der Waals surface area contributed by atoms with Crippen LogP contribution in [0.4, 0.5) is 5.69 Å². The first-order chi connectivity index (χ1) is 9.10. The van der Waals surface area contributed by atoms with Crippen LogP contribution in [0.5, 0.6) is 5.75 Å². The summed E-state index contributed by atoms with van der Waals surface area (Å²) in [5, 5.41) is 0. The Morgan fingerprint density at radius 2 is 1.74 bits per heavy atom. The predicted molar refractivity (Wildman–Crippen MR) is 83.4 cm³/mol. The second kappa shape index (κ2) is 6.11. The van der Waals surface area contributed by atoms with Crippen molar-refractivity contribution in [1.82, 2.24) is 0 Å². The van der Waals surface area contributed by atoms with Crippen LogP contribution in [0.25, 0.3) is 0 Å². The van der Waals surface area contributed by atoms with E-state index in [1.165, 1.54) is 5.56 Å². The van der Waals surface area contributed by atoms with Crippen molar-refractivity contribution in [2.75, 3.05) is 5.73 Å². The molecule has 0 atom stereocenters. The number of ether oxygens (including phenoxy) is 1. The molecule has 3 heteroatoms. The molecule has 2 N–H and O–H groups in total. The molecule has 2 nitrogen and oxygen atoms in total. The molecule has 0 saturated carbocycles. The Bertz CT molecular complexity index is 540. The van der Waals surface area contributed by atoms with Crippen LogP contribution in [0, 0.1) is 6.92 Å². The Morgan fingerprint density at radius 1 is 1.11 bits per heavy atom. The maximum absolute atomic E-state index is 5.98. The predicted octanol–water partition coefficient (Wildman–Crippen LogP) is 4.48. The Kier molecular flexibility index (Phi) is 4.48. The maximum atomic E-state index is 5.98. The number of hydrogen-bond acceptors (Lipinski definition) is 2. The molecule has 0 bridgehead atoms. The highest BCUT2D eigenvalue weighted by molar-refractivity contribution is 9.10. The third kappa shape index (κ3) is 3.51. The molecule has 100 valence electrons. The third-order valence-electron chi connectivity index (χ3n) is 3.08. The molecule has 0 aliphatic carbocycles. The minimum absolute atomic E-state index is 0.538. The topological polar surface area (TPSA) is 35.2 Å². The van der Waals surface area contributed by atoms with E-state index in [-0.39, 0.29) is 0 Å². The summed E-state index contributed by atoms with van der Waals surface area (Å²) < 4.78 is 6.81. The van der Waals surface area contributed by atoms with Crippen molar-refractivity contribution < 1.29 is 4.74 Å². The van der Waals surface area contributed by atoms with Gasteiger partial charge in [-0.15, -0.1) is 0 Å². The van der Waals surface area contributed by atoms with Crippen LogP contribution in [0.1, 0.15) is 23.6 Å². The van der Waals surface area contributed by atoms with Gasteiger partial charge in [-0.2, -0.15) is 0 Å². The van der Waals surface area contributed by atoms with Crippen molar-refractivity contribution in [2.24, 2.45) is 0 Å². The lowest BCUT2D eigenvalue weighted by atomic mass is 10.1. The van der Waals surface area contributed by atoms with Crippen molar-refractivity contribution in [3.63, 3.8) is 0 Å². The van der Waals surface area contributed by atoms with E-state index in [1.54, 1.807) is 0 Å². The van der Waals surface area contributed by atoms with Crippen molar-refractivity contribution in [2.45, 2.75) is 26.9 Å². The first kappa shape index (κ1) is 13.9. The summed E-state index contributed by atoms with van der Waals surface area (Å²) in [6.07, 6.45) is 1.06. The third-order valence-corrected chi connectivity index (χ3v) is 3.54. The molecule has 0 aromatic heterocycles. The molecule has 0 radical (unpaired) electrons. The van der Waals surface area contributed by atoms with E-state index in [0.29, 0.717) is 12.3 Å².